The molecule has 0 fully saturated rings. The van der Waals surface area contributed by atoms with Crippen LogP contribution < -0.4 is 10.9 Å². The van der Waals surface area contributed by atoms with Gasteiger partial charge in [0.15, 0.2) is 0 Å². The zero-order chi connectivity index (χ0) is 18.6. The largest absolute Gasteiger partial charge is 0.346 e. The van der Waals surface area contributed by atoms with Gasteiger partial charge in [0.2, 0.25) is 0 Å². The maximum atomic E-state index is 12.8. The number of fused-ring (bicyclic) bond motifs is 1. The summed E-state index contributed by atoms with van der Waals surface area (Å²) in [7, 11) is 0. The van der Waals surface area contributed by atoms with Gasteiger partial charge in [-0.05, 0) is 29.6 Å². The minimum atomic E-state index is -0.177. The second-order valence-electron chi connectivity index (χ2n) is 5.97. The molecule has 0 radical (unpaired) electrons. The number of thiophene rings is 1. The van der Waals surface area contributed by atoms with Gasteiger partial charge in [-0.3, -0.25) is 14.6 Å². The number of rotatable bonds is 5. The maximum absolute atomic E-state index is 12.8. The van der Waals surface area contributed by atoms with E-state index in [2.05, 4.69) is 15.4 Å². The van der Waals surface area contributed by atoms with E-state index in [-0.39, 0.29) is 24.6 Å². The molecule has 0 saturated heterocycles. The van der Waals surface area contributed by atoms with Crippen molar-refractivity contribution in [1.82, 2.24) is 20.1 Å². The summed E-state index contributed by atoms with van der Waals surface area (Å²) in [6.07, 6.45) is 1.68. The van der Waals surface area contributed by atoms with Crippen molar-refractivity contribution >= 4 is 28.0 Å². The highest BCUT2D eigenvalue weighted by molar-refractivity contribution is 7.08. The molecule has 7 heteroatoms. The molecule has 0 aliphatic heterocycles. The fourth-order valence-corrected chi connectivity index (χ4v) is 3.48. The number of hydrogen-bond acceptors (Lipinski definition) is 5. The Morgan fingerprint density at radius 2 is 1.89 bits per heavy atom. The molecule has 27 heavy (non-hydrogen) atoms. The number of carbonyl (C=O) groups is 1. The number of nitrogens with zero attached hydrogens (tertiary/aromatic N) is 3. The molecule has 4 rings (SSSR count). The summed E-state index contributed by atoms with van der Waals surface area (Å²) in [5.74, 6) is -0.162. The average Bonchev–Trinajstić information content (AvgIpc) is 3.25. The highest BCUT2D eigenvalue weighted by atomic mass is 32.1. The minimum Gasteiger partial charge on any atom is -0.346 e. The van der Waals surface area contributed by atoms with Crippen molar-refractivity contribution in [2.75, 3.05) is 0 Å². The summed E-state index contributed by atoms with van der Waals surface area (Å²) in [6, 6.07) is 14.6. The molecule has 1 N–H and O–H groups in total. The van der Waals surface area contributed by atoms with E-state index in [1.54, 1.807) is 23.7 Å². The van der Waals surface area contributed by atoms with Gasteiger partial charge in [0.25, 0.3) is 11.5 Å². The average molecular weight is 376 g/mol. The van der Waals surface area contributed by atoms with Crippen molar-refractivity contribution in [3.8, 4) is 0 Å². The molecule has 4 aromatic rings. The van der Waals surface area contributed by atoms with Crippen molar-refractivity contribution in [3.05, 3.63) is 92.8 Å². The molecule has 0 spiro atoms. The van der Waals surface area contributed by atoms with Crippen LogP contribution in [0.15, 0.2) is 70.3 Å². The summed E-state index contributed by atoms with van der Waals surface area (Å²) >= 11 is 1.47. The molecule has 0 atom stereocenters. The molecular formula is C20H16N4O2S. The Kier molecular flexibility index (Phi) is 4.76. The Bertz CT molecular complexity index is 1140. The van der Waals surface area contributed by atoms with Crippen LogP contribution in [0.25, 0.3) is 10.8 Å². The highest BCUT2D eigenvalue weighted by Gasteiger charge is 2.13. The number of hydrogen-bond donors (Lipinski definition) is 1. The number of carbonyl (C=O) groups excluding carboxylic acids is 1. The van der Waals surface area contributed by atoms with Gasteiger partial charge in [-0.1, -0.05) is 24.3 Å². The third-order valence-corrected chi connectivity index (χ3v) is 4.87. The third kappa shape index (κ3) is 3.63. The molecule has 6 nitrogen and oxygen atoms in total. The number of benzene rings is 1. The molecule has 134 valence electrons. The molecule has 3 aromatic heterocycles. The summed E-state index contributed by atoms with van der Waals surface area (Å²) in [6.45, 7) is 0.508. The van der Waals surface area contributed by atoms with E-state index >= 15 is 0 Å². The van der Waals surface area contributed by atoms with Gasteiger partial charge in [-0.15, -0.1) is 0 Å². The van der Waals surface area contributed by atoms with Crippen molar-refractivity contribution in [2.45, 2.75) is 13.1 Å². The first kappa shape index (κ1) is 17.1. The molecule has 0 bridgehead atoms. The van der Waals surface area contributed by atoms with Crippen LogP contribution in [0.4, 0.5) is 0 Å². The zero-order valence-corrected chi connectivity index (χ0v) is 15.1. The molecule has 0 aliphatic carbocycles. The Morgan fingerprint density at radius 1 is 1.07 bits per heavy atom. The first-order valence-corrected chi connectivity index (χ1v) is 9.36. The van der Waals surface area contributed by atoms with Crippen LogP contribution in [0, 0.1) is 0 Å². The standard InChI is InChI=1S/C20H16N4O2S/c25-19(14-8-10-27-13-14)22-11-18-16-6-1-2-7-17(16)20(26)24(23-18)12-15-5-3-4-9-21-15/h1-10,13H,11-12H2,(H,22,25). The van der Waals surface area contributed by atoms with Gasteiger partial charge < -0.3 is 5.32 Å². The minimum absolute atomic E-state index is 0.162. The number of nitrogens with one attached hydrogen (secondary N) is 1. The van der Waals surface area contributed by atoms with Gasteiger partial charge in [0.1, 0.15) is 0 Å². The fourth-order valence-electron chi connectivity index (χ4n) is 2.85. The summed E-state index contributed by atoms with van der Waals surface area (Å²) in [4.78, 5) is 29.3. The van der Waals surface area contributed by atoms with E-state index in [0.717, 1.165) is 11.1 Å². The fraction of sp³-hybridized carbons (Fsp3) is 0.100. The van der Waals surface area contributed by atoms with Crippen LogP contribution in [0.5, 0.6) is 0 Å². The van der Waals surface area contributed by atoms with E-state index < -0.39 is 0 Å². The first-order chi connectivity index (χ1) is 13.2. The summed E-state index contributed by atoms with van der Waals surface area (Å²) < 4.78 is 1.40. The van der Waals surface area contributed by atoms with Gasteiger partial charge >= 0.3 is 0 Å². The Hall–Kier alpha value is -3.32. The SMILES string of the molecule is O=C(NCc1nn(Cc2ccccn2)c(=O)c2ccccc12)c1ccsc1. The van der Waals surface area contributed by atoms with E-state index in [1.165, 1.54) is 16.0 Å². The van der Waals surface area contributed by atoms with Gasteiger partial charge in [0.05, 0.1) is 29.9 Å². The third-order valence-electron chi connectivity index (χ3n) is 4.18. The zero-order valence-electron chi connectivity index (χ0n) is 14.3. The van der Waals surface area contributed by atoms with Crippen LogP contribution in [0.3, 0.4) is 0 Å². The monoisotopic (exact) mass is 376 g/mol. The van der Waals surface area contributed by atoms with Crippen molar-refractivity contribution < 1.29 is 4.79 Å². The van der Waals surface area contributed by atoms with Gasteiger partial charge in [-0.25, -0.2) is 4.68 Å². The second-order valence-corrected chi connectivity index (χ2v) is 6.75. The lowest BCUT2D eigenvalue weighted by Crippen LogP contribution is -2.29. The van der Waals surface area contributed by atoms with Crippen LogP contribution >= 0.6 is 11.3 Å². The number of amides is 1. The van der Waals surface area contributed by atoms with Crippen LogP contribution in [0.2, 0.25) is 0 Å². The molecule has 0 unspecified atom stereocenters. The topological polar surface area (TPSA) is 76.9 Å². The smallest absolute Gasteiger partial charge is 0.275 e. The normalized spacial score (nSPS) is 10.8. The number of aromatic nitrogens is 3. The van der Waals surface area contributed by atoms with E-state index in [9.17, 15) is 9.59 Å². The molecule has 0 saturated carbocycles. The molecule has 3 heterocycles. The summed E-state index contributed by atoms with van der Waals surface area (Å²) in [5.41, 5.74) is 1.83. The Morgan fingerprint density at radius 3 is 2.63 bits per heavy atom. The molecule has 1 aromatic carbocycles. The lowest BCUT2D eigenvalue weighted by atomic mass is 10.1. The van der Waals surface area contributed by atoms with Crippen molar-refractivity contribution in [3.63, 3.8) is 0 Å². The predicted octanol–water partition coefficient (Wildman–Crippen LogP) is 2.83. The van der Waals surface area contributed by atoms with Crippen molar-refractivity contribution in [2.24, 2.45) is 0 Å². The quantitative estimate of drug-likeness (QED) is 0.581. The molecule has 0 aliphatic rings. The predicted molar refractivity (Wildman–Crippen MR) is 105 cm³/mol. The first-order valence-electron chi connectivity index (χ1n) is 8.41. The Balaban J connectivity index is 1.69. The van der Waals surface area contributed by atoms with Crippen LogP contribution in [0.1, 0.15) is 21.7 Å². The maximum Gasteiger partial charge on any atom is 0.275 e. The van der Waals surface area contributed by atoms with E-state index in [4.69, 9.17) is 0 Å². The second kappa shape index (κ2) is 7.51. The number of pyridine rings is 1. The lowest BCUT2D eigenvalue weighted by molar-refractivity contribution is 0.0951. The van der Waals surface area contributed by atoms with Crippen LogP contribution in [-0.2, 0) is 13.1 Å². The lowest BCUT2D eigenvalue weighted by Gasteiger charge is -2.11. The van der Waals surface area contributed by atoms with Crippen LogP contribution in [-0.4, -0.2) is 20.7 Å². The van der Waals surface area contributed by atoms with Gasteiger partial charge in [0, 0.05) is 22.5 Å². The van der Waals surface area contributed by atoms with E-state index in [1.807, 2.05) is 41.8 Å². The van der Waals surface area contributed by atoms with Crippen molar-refractivity contribution in [1.29, 1.82) is 0 Å². The molecular weight excluding hydrogens is 360 g/mol. The molecule has 1 amide bonds. The summed E-state index contributed by atoms with van der Waals surface area (Å²) in [5, 5.41) is 12.3. The van der Waals surface area contributed by atoms with Gasteiger partial charge in [-0.2, -0.15) is 16.4 Å². The van der Waals surface area contributed by atoms with E-state index in [0.29, 0.717) is 16.6 Å². The Labute approximate surface area is 159 Å². The highest BCUT2D eigenvalue weighted by Crippen LogP contribution is 2.14.